The molecule has 25 heavy (non-hydrogen) atoms. The molecule has 1 fully saturated rings. The van der Waals surface area contributed by atoms with Crippen molar-refractivity contribution in [2.45, 2.75) is 25.7 Å². The van der Waals surface area contributed by atoms with Crippen molar-refractivity contribution in [1.82, 2.24) is 20.4 Å². The SMILES string of the molecule is CNCC1CCN(C(=O)CCCc2nc(-c3ccc(F)cc3)no2)C1. The number of rotatable bonds is 7. The summed E-state index contributed by atoms with van der Waals surface area (Å²) in [6, 6.07) is 5.95. The number of benzene rings is 1. The Bertz CT molecular complexity index is 701. The van der Waals surface area contributed by atoms with Gasteiger partial charge in [0.2, 0.25) is 17.6 Å². The third kappa shape index (κ3) is 4.63. The molecule has 1 aliphatic heterocycles. The topological polar surface area (TPSA) is 71.3 Å². The molecule has 3 rings (SSSR count). The van der Waals surface area contributed by atoms with Gasteiger partial charge in [0, 0.05) is 31.5 Å². The van der Waals surface area contributed by atoms with Gasteiger partial charge in [0.05, 0.1) is 0 Å². The lowest BCUT2D eigenvalue weighted by Gasteiger charge is -2.16. The van der Waals surface area contributed by atoms with Gasteiger partial charge in [-0.2, -0.15) is 4.98 Å². The first-order valence-electron chi connectivity index (χ1n) is 8.66. The van der Waals surface area contributed by atoms with Crippen molar-refractivity contribution >= 4 is 5.91 Å². The summed E-state index contributed by atoms with van der Waals surface area (Å²) in [4.78, 5) is 18.5. The van der Waals surface area contributed by atoms with E-state index in [-0.39, 0.29) is 11.7 Å². The Morgan fingerprint density at radius 2 is 2.20 bits per heavy atom. The molecule has 0 radical (unpaired) electrons. The van der Waals surface area contributed by atoms with Gasteiger partial charge in [0.25, 0.3) is 0 Å². The van der Waals surface area contributed by atoms with Gasteiger partial charge in [-0.25, -0.2) is 4.39 Å². The van der Waals surface area contributed by atoms with Crippen molar-refractivity contribution in [2.24, 2.45) is 5.92 Å². The summed E-state index contributed by atoms with van der Waals surface area (Å²) in [6.07, 6.45) is 2.79. The molecule has 2 aromatic rings. The molecule has 0 spiro atoms. The average Bonchev–Trinajstić information content (AvgIpc) is 3.26. The molecule has 1 amide bonds. The number of aromatic nitrogens is 2. The first-order chi connectivity index (χ1) is 12.2. The van der Waals surface area contributed by atoms with E-state index in [2.05, 4.69) is 15.5 Å². The number of hydrogen-bond acceptors (Lipinski definition) is 5. The van der Waals surface area contributed by atoms with Crippen molar-refractivity contribution in [3.63, 3.8) is 0 Å². The molecule has 0 bridgehead atoms. The van der Waals surface area contributed by atoms with Crippen LogP contribution in [0.2, 0.25) is 0 Å². The van der Waals surface area contributed by atoms with Crippen molar-refractivity contribution in [3.05, 3.63) is 36.0 Å². The monoisotopic (exact) mass is 346 g/mol. The minimum absolute atomic E-state index is 0.192. The van der Waals surface area contributed by atoms with E-state index in [9.17, 15) is 9.18 Å². The third-order valence-corrected chi connectivity index (χ3v) is 4.48. The molecule has 1 aromatic carbocycles. The zero-order valence-electron chi connectivity index (χ0n) is 14.4. The lowest BCUT2D eigenvalue weighted by Crippen LogP contribution is -2.30. The average molecular weight is 346 g/mol. The van der Waals surface area contributed by atoms with Crippen LogP contribution < -0.4 is 5.32 Å². The van der Waals surface area contributed by atoms with Gasteiger partial charge in [0.1, 0.15) is 5.82 Å². The number of hydrogen-bond donors (Lipinski definition) is 1. The van der Waals surface area contributed by atoms with Crippen molar-refractivity contribution in [3.8, 4) is 11.4 Å². The number of likely N-dealkylation sites (tertiary alicyclic amines) is 1. The first-order valence-corrected chi connectivity index (χ1v) is 8.66. The second kappa shape index (κ2) is 8.20. The predicted molar refractivity (Wildman–Crippen MR) is 91.2 cm³/mol. The Morgan fingerprint density at radius 3 is 2.96 bits per heavy atom. The molecular weight excluding hydrogens is 323 g/mol. The van der Waals surface area contributed by atoms with Gasteiger partial charge in [-0.05, 0) is 56.6 Å². The standard InChI is InChI=1S/C18H23FN4O2/c1-20-11-13-9-10-23(12-13)17(24)4-2-3-16-21-18(22-25-16)14-5-7-15(19)8-6-14/h5-8,13,20H,2-4,9-12H2,1H3. The molecule has 1 unspecified atom stereocenters. The molecule has 1 aliphatic rings. The third-order valence-electron chi connectivity index (χ3n) is 4.48. The second-order valence-corrected chi connectivity index (χ2v) is 6.42. The molecule has 7 heteroatoms. The summed E-state index contributed by atoms with van der Waals surface area (Å²) in [5, 5.41) is 7.08. The minimum Gasteiger partial charge on any atom is -0.342 e. The van der Waals surface area contributed by atoms with Gasteiger partial charge in [-0.1, -0.05) is 5.16 Å². The van der Waals surface area contributed by atoms with E-state index in [1.54, 1.807) is 12.1 Å². The highest BCUT2D eigenvalue weighted by atomic mass is 19.1. The van der Waals surface area contributed by atoms with Crippen LogP contribution in [-0.4, -0.2) is 47.6 Å². The number of halogens is 1. The summed E-state index contributed by atoms with van der Waals surface area (Å²) < 4.78 is 18.2. The highest BCUT2D eigenvalue weighted by Gasteiger charge is 2.25. The Morgan fingerprint density at radius 1 is 1.40 bits per heavy atom. The summed E-state index contributed by atoms with van der Waals surface area (Å²) in [6.45, 7) is 2.65. The molecular formula is C18H23FN4O2. The lowest BCUT2D eigenvalue weighted by atomic mass is 10.1. The molecule has 1 N–H and O–H groups in total. The summed E-state index contributed by atoms with van der Waals surface area (Å²) in [5.41, 5.74) is 0.708. The quantitative estimate of drug-likeness (QED) is 0.833. The maximum Gasteiger partial charge on any atom is 0.226 e. The number of nitrogens with one attached hydrogen (secondary N) is 1. The van der Waals surface area contributed by atoms with Crippen LogP contribution in [0.4, 0.5) is 4.39 Å². The zero-order chi connectivity index (χ0) is 17.6. The highest BCUT2D eigenvalue weighted by molar-refractivity contribution is 5.76. The Balaban J connectivity index is 1.45. The Labute approximate surface area is 146 Å². The number of carbonyl (C=O) groups is 1. The van der Waals surface area contributed by atoms with E-state index in [0.717, 1.165) is 26.1 Å². The summed E-state index contributed by atoms with van der Waals surface area (Å²) in [7, 11) is 1.94. The summed E-state index contributed by atoms with van der Waals surface area (Å²) in [5.74, 6) is 1.39. The first kappa shape index (κ1) is 17.5. The van der Waals surface area contributed by atoms with Crippen LogP contribution in [0.25, 0.3) is 11.4 Å². The number of carbonyl (C=O) groups excluding carboxylic acids is 1. The number of aryl methyl sites for hydroxylation is 1. The van der Waals surface area contributed by atoms with Gasteiger partial charge in [-0.3, -0.25) is 4.79 Å². The molecule has 1 saturated heterocycles. The van der Waals surface area contributed by atoms with Crippen LogP contribution in [0.3, 0.4) is 0 Å². The highest BCUT2D eigenvalue weighted by Crippen LogP contribution is 2.19. The molecule has 134 valence electrons. The molecule has 0 saturated carbocycles. The molecule has 6 nitrogen and oxygen atoms in total. The van der Waals surface area contributed by atoms with E-state index in [4.69, 9.17) is 4.52 Å². The second-order valence-electron chi connectivity index (χ2n) is 6.42. The number of amides is 1. The fourth-order valence-electron chi connectivity index (χ4n) is 3.14. The van der Waals surface area contributed by atoms with E-state index in [0.29, 0.717) is 42.5 Å². The van der Waals surface area contributed by atoms with Crippen molar-refractivity contribution in [2.75, 3.05) is 26.7 Å². The summed E-state index contributed by atoms with van der Waals surface area (Å²) >= 11 is 0. The minimum atomic E-state index is -0.301. The largest absolute Gasteiger partial charge is 0.342 e. The van der Waals surface area contributed by atoms with Gasteiger partial charge >= 0.3 is 0 Å². The maximum atomic E-state index is 12.9. The molecule has 2 heterocycles. The van der Waals surface area contributed by atoms with Crippen LogP contribution in [0.1, 0.15) is 25.2 Å². The molecule has 0 aliphatic carbocycles. The van der Waals surface area contributed by atoms with E-state index in [1.807, 2.05) is 11.9 Å². The van der Waals surface area contributed by atoms with Crippen molar-refractivity contribution < 1.29 is 13.7 Å². The lowest BCUT2D eigenvalue weighted by molar-refractivity contribution is -0.130. The van der Waals surface area contributed by atoms with Gasteiger partial charge < -0.3 is 14.7 Å². The van der Waals surface area contributed by atoms with Crippen LogP contribution in [0, 0.1) is 11.7 Å². The van der Waals surface area contributed by atoms with Crippen LogP contribution in [0.5, 0.6) is 0 Å². The van der Waals surface area contributed by atoms with Crippen LogP contribution in [0.15, 0.2) is 28.8 Å². The van der Waals surface area contributed by atoms with Crippen LogP contribution >= 0.6 is 0 Å². The zero-order valence-corrected chi connectivity index (χ0v) is 14.4. The van der Waals surface area contributed by atoms with E-state index >= 15 is 0 Å². The smallest absolute Gasteiger partial charge is 0.226 e. The maximum absolute atomic E-state index is 12.9. The Hall–Kier alpha value is -2.28. The fourth-order valence-corrected chi connectivity index (χ4v) is 3.14. The fraction of sp³-hybridized carbons (Fsp3) is 0.500. The Kier molecular flexibility index (Phi) is 5.75. The van der Waals surface area contributed by atoms with Gasteiger partial charge in [0.15, 0.2) is 0 Å². The number of nitrogens with zero attached hydrogens (tertiary/aromatic N) is 3. The van der Waals surface area contributed by atoms with Crippen molar-refractivity contribution in [1.29, 1.82) is 0 Å². The normalized spacial score (nSPS) is 17.2. The predicted octanol–water partition coefficient (Wildman–Crippen LogP) is 2.27. The molecule has 1 atom stereocenters. The van der Waals surface area contributed by atoms with E-state index < -0.39 is 0 Å². The van der Waals surface area contributed by atoms with Gasteiger partial charge in [-0.15, -0.1) is 0 Å². The molecule has 1 aromatic heterocycles. The van der Waals surface area contributed by atoms with Crippen LogP contribution in [-0.2, 0) is 11.2 Å². The van der Waals surface area contributed by atoms with E-state index in [1.165, 1.54) is 12.1 Å².